The van der Waals surface area contributed by atoms with Crippen LogP contribution >= 0.6 is 11.8 Å². The van der Waals surface area contributed by atoms with E-state index >= 15 is 0 Å². The second-order valence-corrected chi connectivity index (χ2v) is 13.3. The van der Waals surface area contributed by atoms with E-state index in [4.69, 9.17) is 0 Å². The van der Waals surface area contributed by atoms with Gasteiger partial charge in [-0.15, -0.1) is 24.9 Å². The van der Waals surface area contributed by atoms with Gasteiger partial charge in [0.05, 0.1) is 29.2 Å². The SMILES string of the molecule is C=CCN(C(=O)[C@@H]1[C@@H]2CCC3(S2)C(C(=O)N(CC=C)C2CCCCC2)N([C@@H](CC)CO)C(=O)[C@H]13)c1ccccc1. The largest absolute Gasteiger partial charge is 0.394 e. The molecule has 0 aromatic heterocycles. The second-order valence-electron chi connectivity index (χ2n) is 11.7. The van der Waals surface area contributed by atoms with Crippen LogP contribution in [0.1, 0.15) is 58.3 Å². The molecule has 1 spiro atoms. The number of thioether (sulfide) groups is 1. The Balaban J connectivity index is 1.55. The number of carbonyl (C=O) groups excluding carboxylic acids is 3. The number of aliphatic hydroxyl groups excluding tert-OH is 1. The summed E-state index contributed by atoms with van der Waals surface area (Å²) in [6.45, 7) is 10.3. The van der Waals surface area contributed by atoms with Crippen molar-refractivity contribution in [2.45, 2.75) is 86.4 Å². The monoisotopic (exact) mass is 565 g/mol. The summed E-state index contributed by atoms with van der Waals surface area (Å²) in [4.78, 5) is 48.8. The van der Waals surface area contributed by atoms with Crippen molar-refractivity contribution < 1.29 is 19.5 Å². The number of likely N-dealkylation sites (tertiary alicyclic amines) is 1. The van der Waals surface area contributed by atoms with Gasteiger partial charge in [0.25, 0.3) is 0 Å². The molecular formula is C32H43N3O4S. The molecule has 4 fully saturated rings. The molecule has 3 saturated heterocycles. The zero-order valence-corrected chi connectivity index (χ0v) is 24.4. The summed E-state index contributed by atoms with van der Waals surface area (Å²) in [6, 6.07) is 8.50. The number of para-hydroxylation sites is 1. The summed E-state index contributed by atoms with van der Waals surface area (Å²) in [5.74, 6) is -1.39. The van der Waals surface area contributed by atoms with Gasteiger partial charge in [-0.3, -0.25) is 14.4 Å². The number of hydrogen-bond acceptors (Lipinski definition) is 5. The fourth-order valence-electron chi connectivity index (χ4n) is 7.81. The number of amides is 3. The van der Waals surface area contributed by atoms with Gasteiger partial charge in [-0.25, -0.2) is 0 Å². The molecule has 6 atom stereocenters. The Morgan fingerprint density at radius 1 is 1.10 bits per heavy atom. The van der Waals surface area contributed by atoms with Gasteiger partial charge < -0.3 is 19.8 Å². The molecule has 3 heterocycles. The molecule has 1 saturated carbocycles. The van der Waals surface area contributed by atoms with Crippen molar-refractivity contribution >= 4 is 35.2 Å². The summed E-state index contributed by atoms with van der Waals surface area (Å²) in [5.41, 5.74) is 0.778. The summed E-state index contributed by atoms with van der Waals surface area (Å²) in [7, 11) is 0. The molecule has 2 bridgehead atoms. The minimum atomic E-state index is -0.693. The van der Waals surface area contributed by atoms with E-state index < -0.39 is 28.7 Å². The van der Waals surface area contributed by atoms with Crippen molar-refractivity contribution in [3.8, 4) is 0 Å². The Labute approximate surface area is 242 Å². The highest BCUT2D eigenvalue weighted by atomic mass is 32.2. The van der Waals surface area contributed by atoms with Crippen LogP contribution in [0.2, 0.25) is 0 Å². The van der Waals surface area contributed by atoms with Crippen molar-refractivity contribution in [3.05, 3.63) is 55.6 Å². The first-order valence-electron chi connectivity index (χ1n) is 14.9. The number of benzene rings is 1. The quantitative estimate of drug-likeness (QED) is 0.402. The third kappa shape index (κ3) is 4.71. The second kappa shape index (κ2) is 12.1. The number of fused-ring (bicyclic) bond motifs is 1. The molecule has 216 valence electrons. The van der Waals surface area contributed by atoms with Gasteiger partial charge in [-0.05, 0) is 44.2 Å². The lowest BCUT2D eigenvalue weighted by molar-refractivity contribution is -0.147. The lowest BCUT2D eigenvalue weighted by Gasteiger charge is -2.42. The average molecular weight is 566 g/mol. The molecule has 5 rings (SSSR count). The van der Waals surface area contributed by atoms with Gasteiger partial charge in [0.1, 0.15) is 6.04 Å². The van der Waals surface area contributed by atoms with E-state index in [1.807, 2.05) is 42.2 Å². The van der Waals surface area contributed by atoms with Crippen molar-refractivity contribution in [2.24, 2.45) is 11.8 Å². The number of hydrogen-bond donors (Lipinski definition) is 1. The molecule has 1 aromatic rings. The zero-order valence-electron chi connectivity index (χ0n) is 23.6. The predicted molar refractivity (Wildman–Crippen MR) is 160 cm³/mol. The fourth-order valence-corrected chi connectivity index (χ4v) is 10.00. The van der Waals surface area contributed by atoms with E-state index in [0.29, 0.717) is 19.5 Å². The Hall–Kier alpha value is -2.58. The highest BCUT2D eigenvalue weighted by molar-refractivity contribution is 8.02. The number of aliphatic hydroxyl groups is 1. The molecule has 1 aliphatic carbocycles. The average Bonchev–Trinajstić information content (AvgIpc) is 3.63. The molecule has 3 amide bonds. The normalized spacial score (nSPS) is 30.1. The van der Waals surface area contributed by atoms with E-state index in [0.717, 1.165) is 44.2 Å². The summed E-state index contributed by atoms with van der Waals surface area (Å²) in [5, 5.41) is 10.4. The first kappa shape index (κ1) is 28.9. The first-order valence-corrected chi connectivity index (χ1v) is 15.8. The maximum absolute atomic E-state index is 14.7. The van der Waals surface area contributed by atoms with E-state index in [1.165, 1.54) is 6.42 Å². The first-order chi connectivity index (χ1) is 19.4. The van der Waals surface area contributed by atoms with Crippen molar-refractivity contribution in [1.82, 2.24) is 9.80 Å². The van der Waals surface area contributed by atoms with Crippen LogP contribution in [0.3, 0.4) is 0 Å². The smallest absolute Gasteiger partial charge is 0.247 e. The minimum absolute atomic E-state index is 0.0216. The van der Waals surface area contributed by atoms with Crippen LogP contribution in [-0.4, -0.2) is 80.4 Å². The highest BCUT2D eigenvalue weighted by Crippen LogP contribution is 2.67. The minimum Gasteiger partial charge on any atom is -0.394 e. The van der Waals surface area contributed by atoms with Crippen molar-refractivity contribution in [3.63, 3.8) is 0 Å². The number of carbonyl (C=O) groups is 3. The van der Waals surface area contributed by atoms with Crippen molar-refractivity contribution in [1.29, 1.82) is 0 Å². The van der Waals surface area contributed by atoms with E-state index in [2.05, 4.69) is 13.2 Å². The van der Waals surface area contributed by atoms with Crippen LogP contribution in [0.15, 0.2) is 55.6 Å². The Morgan fingerprint density at radius 2 is 1.80 bits per heavy atom. The topological polar surface area (TPSA) is 81.2 Å². The zero-order chi connectivity index (χ0) is 28.4. The van der Waals surface area contributed by atoms with Crippen LogP contribution in [0.5, 0.6) is 0 Å². The Kier molecular flexibility index (Phi) is 8.76. The van der Waals surface area contributed by atoms with Gasteiger partial charge in [0, 0.05) is 30.1 Å². The van der Waals surface area contributed by atoms with Crippen LogP contribution in [0.25, 0.3) is 0 Å². The van der Waals surface area contributed by atoms with Crippen LogP contribution in [0.4, 0.5) is 5.69 Å². The number of rotatable bonds is 11. The molecule has 8 heteroatoms. The van der Waals surface area contributed by atoms with E-state index in [-0.39, 0.29) is 35.6 Å². The van der Waals surface area contributed by atoms with Crippen LogP contribution in [0, 0.1) is 11.8 Å². The Morgan fingerprint density at radius 3 is 2.42 bits per heavy atom. The lowest BCUT2D eigenvalue weighted by atomic mass is 9.70. The maximum Gasteiger partial charge on any atom is 0.247 e. The molecule has 0 radical (unpaired) electrons. The molecular weight excluding hydrogens is 522 g/mol. The van der Waals surface area contributed by atoms with Gasteiger partial charge in [-0.2, -0.15) is 0 Å². The van der Waals surface area contributed by atoms with Gasteiger partial charge >= 0.3 is 0 Å². The Bertz CT molecular complexity index is 1120. The van der Waals surface area contributed by atoms with E-state index in [9.17, 15) is 19.5 Å². The number of anilines is 1. The molecule has 2 unspecified atom stereocenters. The molecule has 40 heavy (non-hydrogen) atoms. The van der Waals surface area contributed by atoms with Gasteiger partial charge in [-0.1, -0.05) is 56.5 Å². The van der Waals surface area contributed by atoms with Gasteiger partial charge in [0.15, 0.2) is 0 Å². The molecule has 1 N–H and O–H groups in total. The molecule has 4 aliphatic rings. The molecule has 1 aromatic carbocycles. The molecule has 3 aliphatic heterocycles. The van der Waals surface area contributed by atoms with Crippen LogP contribution < -0.4 is 4.90 Å². The fraction of sp³-hybridized carbons (Fsp3) is 0.594. The third-order valence-corrected chi connectivity index (χ3v) is 11.6. The number of nitrogens with zero attached hydrogens (tertiary/aromatic N) is 3. The summed E-state index contributed by atoms with van der Waals surface area (Å²) < 4.78 is -0.674. The standard InChI is InChI=1S/C32H43N3O4S/c1-4-19-33(23-13-9-7-10-14-23)29(37)26-25-17-18-32(40-25)27(26)30(38)35(22(6-3)21-36)28(32)31(39)34(20-5-2)24-15-11-8-12-16-24/h4-5,7,9-10,13-14,22,24-28,36H,1-2,6,8,11-12,15-21H2,3H3/t22-,25-,26+,27-,28?,32?/m0/s1. The van der Waals surface area contributed by atoms with E-state index in [1.54, 1.807) is 33.7 Å². The van der Waals surface area contributed by atoms with Crippen LogP contribution in [-0.2, 0) is 14.4 Å². The third-order valence-electron chi connectivity index (χ3n) is 9.60. The van der Waals surface area contributed by atoms with Crippen molar-refractivity contribution in [2.75, 3.05) is 24.6 Å². The summed E-state index contributed by atoms with van der Waals surface area (Å²) >= 11 is 1.69. The predicted octanol–water partition coefficient (Wildman–Crippen LogP) is 4.42. The lowest BCUT2D eigenvalue weighted by Crippen LogP contribution is -2.59. The summed E-state index contributed by atoms with van der Waals surface area (Å²) in [6.07, 6.45) is 10.8. The van der Waals surface area contributed by atoms with Gasteiger partial charge in [0.2, 0.25) is 17.7 Å². The highest BCUT2D eigenvalue weighted by Gasteiger charge is 2.74. The maximum atomic E-state index is 14.7. The molecule has 7 nitrogen and oxygen atoms in total.